The number of methoxy groups -OCH3 is 1. The maximum atomic E-state index is 9.22. The minimum Gasteiger partial charge on any atom is -0.497 e. The van der Waals surface area contributed by atoms with E-state index >= 15 is 0 Å². The summed E-state index contributed by atoms with van der Waals surface area (Å²) in [5, 5.41) is 9.84. The Morgan fingerprint density at radius 2 is 2.00 bits per heavy atom. The normalized spacial score (nSPS) is 11.5. The van der Waals surface area contributed by atoms with Gasteiger partial charge in [-0.3, -0.25) is 0 Å². The number of rotatable bonds is 3. The Labute approximate surface area is 89.5 Å². The van der Waals surface area contributed by atoms with Gasteiger partial charge in [0.2, 0.25) is 0 Å². The van der Waals surface area contributed by atoms with E-state index in [0.29, 0.717) is 10.8 Å². The summed E-state index contributed by atoms with van der Waals surface area (Å²) >= 11 is 5.93. The monoisotopic (exact) mass is 214 g/mol. The molecule has 1 rings (SSSR count). The SMILES string of the molecule is COc1cc(Cl)cc(C(C)(C)CO)c1. The van der Waals surface area contributed by atoms with E-state index in [1.165, 1.54) is 0 Å². The van der Waals surface area contributed by atoms with Gasteiger partial charge in [-0.25, -0.2) is 0 Å². The zero-order chi connectivity index (χ0) is 10.8. The van der Waals surface area contributed by atoms with Crippen molar-refractivity contribution in [2.24, 2.45) is 0 Å². The number of hydrogen-bond donors (Lipinski definition) is 1. The predicted octanol–water partition coefficient (Wildman–Crippen LogP) is 2.62. The molecular weight excluding hydrogens is 200 g/mol. The third-order valence-corrected chi connectivity index (χ3v) is 2.50. The minimum atomic E-state index is -0.293. The van der Waals surface area contributed by atoms with Crippen molar-refractivity contribution in [2.45, 2.75) is 19.3 Å². The molecule has 0 bridgehead atoms. The van der Waals surface area contributed by atoms with Gasteiger partial charge in [0.05, 0.1) is 13.7 Å². The van der Waals surface area contributed by atoms with E-state index in [1.807, 2.05) is 26.0 Å². The van der Waals surface area contributed by atoms with Crippen molar-refractivity contribution in [3.05, 3.63) is 28.8 Å². The van der Waals surface area contributed by atoms with Crippen LogP contribution in [0.5, 0.6) is 5.75 Å². The average Bonchev–Trinajstić information content (AvgIpc) is 2.16. The molecule has 0 amide bonds. The fourth-order valence-electron chi connectivity index (χ4n) is 1.16. The summed E-state index contributed by atoms with van der Waals surface area (Å²) < 4.78 is 5.11. The highest BCUT2D eigenvalue weighted by molar-refractivity contribution is 6.30. The molecule has 0 heterocycles. The Bertz CT molecular complexity index is 321. The summed E-state index contributed by atoms with van der Waals surface area (Å²) in [7, 11) is 1.60. The molecule has 1 aromatic carbocycles. The van der Waals surface area contributed by atoms with Gasteiger partial charge in [-0.1, -0.05) is 25.4 Å². The van der Waals surface area contributed by atoms with Crippen LogP contribution >= 0.6 is 11.6 Å². The van der Waals surface area contributed by atoms with Crippen molar-refractivity contribution in [3.63, 3.8) is 0 Å². The molecule has 3 heteroatoms. The van der Waals surface area contributed by atoms with Gasteiger partial charge in [-0.2, -0.15) is 0 Å². The van der Waals surface area contributed by atoms with Gasteiger partial charge in [0.1, 0.15) is 5.75 Å². The van der Waals surface area contributed by atoms with Crippen LogP contribution in [0.3, 0.4) is 0 Å². The summed E-state index contributed by atoms with van der Waals surface area (Å²) in [5.74, 6) is 0.717. The van der Waals surface area contributed by atoms with E-state index in [1.54, 1.807) is 13.2 Å². The second-order valence-electron chi connectivity index (χ2n) is 3.92. The van der Waals surface area contributed by atoms with Crippen LogP contribution in [0.2, 0.25) is 5.02 Å². The van der Waals surface area contributed by atoms with E-state index in [9.17, 15) is 5.11 Å². The Hall–Kier alpha value is -0.730. The first-order valence-electron chi connectivity index (χ1n) is 4.45. The van der Waals surface area contributed by atoms with Crippen LogP contribution in [0.1, 0.15) is 19.4 Å². The minimum absolute atomic E-state index is 0.0799. The molecule has 0 aliphatic heterocycles. The molecule has 0 aliphatic rings. The molecule has 1 N–H and O–H groups in total. The first kappa shape index (κ1) is 11.3. The molecule has 0 atom stereocenters. The molecule has 1 aromatic rings. The Morgan fingerprint density at radius 1 is 1.36 bits per heavy atom. The maximum Gasteiger partial charge on any atom is 0.120 e. The van der Waals surface area contributed by atoms with Crippen LogP contribution in [0.4, 0.5) is 0 Å². The highest BCUT2D eigenvalue weighted by Gasteiger charge is 2.20. The maximum absolute atomic E-state index is 9.22. The number of aliphatic hydroxyl groups excluding tert-OH is 1. The lowest BCUT2D eigenvalue weighted by Crippen LogP contribution is -2.21. The second-order valence-corrected chi connectivity index (χ2v) is 4.36. The van der Waals surface area contributed by atoms with Crippen molar-refractivity contribution >= 4 is 11.6 Å². The third kappa shape index (κ3) is 2.40. The van der Waals surface area contributed by atoms with Gasteiger partial charge in [0.15, 0.2) is 0 Å². The van der Waals surface area contributed by atoms with E-state index < -0.39 is 0 Å². The van der Waals surface area contributed by atoms with Crippen molar-refractivity contribution in [1.82, 2.24) is 0 Å². The van der Waals surface area contributed by atoms with Crippen LogP contribution in [-0.2, 0) is 5.41 Å². The van der Waals surface area contributed by atoms with Crippen molar-refractivity contribution in [3.8, 4) is 5.75 Å². The number of hydrogen-bond acceptors (Lipinski definition) is 2. The average molecular weight is 215 g/mol. The first-order valence-corrected chi connectivity index (χ1v) is 4.83. The van der Waals surface area contributed by atoms with Crippen LogP contribution in [0, 0.1) is 0 Å². The summed E-state index contributed by atoms with van der Waals surface area (Å²) in [5.41, 5.74) is 0.683. The van der Waals surface area contributed by atoms with Crippen molar-refractivity contribution < 1.29 is 9.84 Å². The van der Waals surface area contributed by atoms with Crippen molar-refractivity contribution in [2.75, 3.05) is 13.7 Å². The lowest BCUT2D eigenvalue weighted by atomic mass is 9.85. The number of benzene rings is 1. The second kappa shape index (κ2) is 4.20. The molecule has 0 unspecified atom stereocenters. The van der Waals surface area contributed by atoms with Gasteiger partial charge >= 0.3 is 0 Å². The van der Waals surface area contributed by atoms with E-state index in [4.69, 9.17) is 16.3 Å². The Kier molecular flexibility index (Phi) is 3.40. The number of aliphatic hydroxyl groups is 1. The van der Waals surface area contributed by atoms with Crippen molar-refractivity contribution in [1.29, 1.82) is 0 Å². The van der Waals surface area contributed by atoms with E-state index in [-0.39, 0.29) is 12.0 Å². The predicted molar refractivity (Wildman–Crippen MR) is 58.1 cm³/mol. The fourth-order valence-corrected chi connectivity index (χ4v) is 1.39. The smallest absolute Gasteiger partial charge is 0.120 e. The van der Waals surface area contributed by atoms with Gasteiger partial charge < -0.3 is 9.84 Å². The summed E-state index contributed by atoms with van der Waals surface area (Å²) in [6.45, 7) is 3.99. The lowest BCUT2D eigenvalue weighted by molar-refractivity contribution is 0.218. The van der Waals surface area contributed by atoms with Crippen LogP contribution in [0.15, 0.2) is 18.2 Å². The molecule has 2 nitrogen and oxygen atoms in total. The number of halogens is 1. The van der Waals surface area contributed by atoms with Gasteiger partial charge in [0, 0.05) is 10.4 Å². The molecule has 0 spiro atoms. The summed E-state index contributed by atoms with van der Waals surface area (Å²) in [4.78, 5) is 0. The Balaban J connectivity index is 3.15. The summed E-state index contributed by atoms with van der Waals surface area (Å²) in [6, 6.07) is 5.49. The van der Waals surface area contributed by atoms with E-state index in [0.717, 1.165) is 5.56 Å². The van der Waals surface area contributed by atoms with Gasteiger partial charge in [-0.05, 0) is 23.8 Å². The molecule has 0 saturated carbocycles. The molecule has 0 aromatic heterocycles. The molecule has 14 heavy (non-hydrogen) atoms. The van der Waals surface area contributed by atoms with E-state index in [2.05, 4.69) is 0 Å². The molecular formula is C11H15ClO2. The number of ether oxygens (including phenoxy) is 1. The highest BCUT2D eigenvalue weighted by Crippen LogP contribution is 2.29. The molecule has 0 saturated heterocycles. The zero-order valence-corrected chi connectivity index (χ0v) is 9.43. The van der Waals surface area contributed by atoms with Crippen LogP contribution in [-0.4, -0.2) is 18.8 Å². The topological polar surface area (TPSA) is 29.5 Å². The summed E-state index contributed by atoms with van der Waals surface area (Å²) in [6.07, 6.45) is 0. The molecule has 0 fully saturated rings. The zero-order valence-electron chi connectivity index (χ0n) is 8.67. The molecule has 0 aliphatic carbocycles. The first-order chi connectivity index (χ1) is 6.49. The quantitative estimate of drug-likeness (QED) is 0.838. The lowest BCUT2D eigenvalue weighted by Gasteiger charge is -2.22. The van der Waals surface area contributed by atoms with Crippen LogP contribution < -0.4 is 4.74 Å². The fraction of sp³-hybridized carbons (Fsp3) is 0.455. The molecule has 78 valence electrons. The third-order valence-electron chi connectivity index (χ3n) is 2.28. The highest BCUT2D eigenvalue weighted by atomic mass is 35.5. The van der Waals surface area contributed by atoms with Crippen LogP contribution in [0.25, 0.3) is 0 Å². The van der Waals surface area contributed by atoms with Gasteiger partial charge in [0.25, 0.3) is 0 Å². The molecule has 0 radical (unpaired) electrons. The van der Waals surface area contributed by atoms with Gasteiger partial charge in [-0.15, -0.1) is 0 Å². The standard InChI is InChI=1S/C11H15ClO2/c1-11(2,7-13)8-4-9(12)6-10(5-8)14-3/h4-6,13H,7H2,1-3H3. The Morgan fingerprint density at radius 3 is 2.50 bits per heavy atom. The largest absolute Gasteiger partial charge is 0.497 e.